The van der Waals surface area contributed by atoms with Crippen LogP contribution >= 0.6 is 43.6 Å². The number of amidine groups is 1. The maximum Gasteiger partial charge on any atom is 0.335 e. The summed E-state index contributed by atoms with van der Waals surface area (Å²) < 4.78 is 20.7. The molecule has 0 spiro atoms. The van der Waals surface area contributed by atoms with Gasteiger partial charge in [0.2, 0.25) is 0 Å². The number of likely N-dealkylation sites (N-methyl/N-ethyl adjacent to an activating group) is 1. The van der Waals surface area contributed by atoms with Gasteiger partial charge in [0, 0.05) is 6.54 Å². The summed E-state index contributed by atoms with van der Waals surface area (Å²) in [6, 6.07) is 16.1. The fourth-order valence-corrected chi connectivity index (χ4v) is 5.94. The number of aliphatic imine (C=N–C) groups is 1. The molecule has 1 fully saturated rings. The minimum absolute atomic E-state index is 0.124. The van der Waals surface area contributed by atoms with Crippen molar-refractivity contribution in [1.29, 1.82) is 0 Å². The van der Waals surface area contributed by atoms with Gasteiger partial charge < -0.3 is 9.84 Å². The van der Waals surface area contributed by atoms with Crippen LogP contribution in [0.1, 0.15) is 28.4 Å². The van der Waals surface area contributed by atoms with E-state index in [0.717, 1.165) is 5.56 Å². The molecule has 0 saturated carbocycles. The molecule has 6 nitrogen and oxygen atoms in total. The van der Waals surface area contributed by atoms with E-state index in [9.17, 15) is 19.1 Å². The Morgan fingerprint density at radius 1 is 1.14 bits per heavy atom. The molecule has 3 aromatic rings. The Morgan fingerprint density at radius 2 is 1.86 bits per heavy atom. The van der Waals surface area contributed by atoms with E-state index in [-0.39, 0.29) is 23.9 Å². The predicted molar refractivity (Wildman–Crippen MR) is 146 cm³/mol. The Morgan fingerprint density at radius 3 is 2.53 bits per heavy atom. The minimum Gasteiger partial charge on any atom is -0.487 e. The smallest absolute Gasteiger partial charge is 0.335 e. The number of amides is 1. The van der Waals surface area contributed by atoms with Crippen LogP contribution in [0.15, 0.2) is 79.5 Å². The molecule has 3 aromatic carbocycles. The fourth-order valence-electron chi connectivity index (χ4n) is 3.42. The summed E-state index contributed by atoms with van der Waals surface area (Å²) in [6.07, 6.45) is 1.76. The Kier molecular flexibility index (Phi) is 8.28. The van der Waals surface area contributed by atoms with E-state index in [2.05, 4.69) is 36.9 Å². The summed E-state index contributed by atoms with van der Waals surface area (Å²) in [5, 5.41) is 9.70. The maximum atomic E-state index is 13.4. The highest BCUT2D eigenvalue weighted by molar-refractivity contribution is 9.11. The molecule has 0 unspecified atom stereocenters. The van der Waals surface area contributed by atoms with Crippen LogP contribution in [0, 0.1) is 5.82 Å². The first kappa shape index (κ1) is 26.1. The number of nitrogens with zero attached hydrogens (tertiary/aromatic N) is 2. The van der Waals surface area contributed by atoms with E-state index in [0.29, 0.717) is 42.6 Å². The molecule has 1 aliphatic heterocycles. The summed E-state index contributed by atoms with van der Waals surface area (Å²) in [5.74, 6) is -0.995. The quantitative estimate of drug-likeness (QED) is 0.277. The Labute approximate surface area is 228 Å². The van der Waals surface area contributed by atoms with Gasteiger partial charge in [-0.15, -0.1) is 0 Å². The molecule has 4 rings (SSSR count). The lowest BCUT2D eigenvalue weighted by atomic mass is 10.2. The number of hydrogen-bond acceptors (Lipinski definition) is 5. The van der Waals surface area contributed by atoms with Gasteiger partial charge in [-0.25, -0.2) is 14.2 Å². The van der Waals surface area contributed by atoms with Crippen LogP contribution in [-0.2, 0) is 11.4 Å². The molecule has 10 heteroatoms. The zero-order valence-corrected chi connectivity index (χ0v) is 22.9. The summed E-state index contributed by atoms with van der Waals surface area (Å²) in [6.45, 7) is 2.46. The number of hydrogen-bond donors (Lipinski definition) is 1. The monoisotopic (exact) mass is 632 g/mol. The maximum absolute atomic E-state index is 13.4. The molecule has 36 heavy (non-hydrogen) atoms. The molecule has 1 N–H and O–H groups in total. The zero-order chi connectivity index (χ0) is 25.8. The summed E-state index contributed by atoms with van der Waals surface area (Å²) in [5.41, 5.74) is 2.04. The largest absolute Gasteiger partial charge is 0.487 e. The molecule has 0 atom stereocenters. The molecule has 184 valence electrons. The number of rotatable bonds is 7. The van der Waals surface area contributed by atoms with Crippen LogP contribution in [0.25, 0.3) is 6.08 Å². The molecule has 0 bridgehead atoms. The van der Waals surface area contributed by atoms with Crippen molar-refractivity contribution in [2.45, 2.75) is 13.5 Å². The second kappa shape index (κ2) is 11.4. The van der Waals surface area contributed by atoms with Gasteiger partial charge >= 0.3 is 5.97 Å². The molecule has 1 heterocycles. The number of aromatic carboxylic acids is 1. The average Bonchev–Trinajstić information content (AvgIpc) is 3.12. The van der Waals surface area contributed by atoms with Crippen molar-refractivity contribution in [2.75, 3.05) is 6.54 Å². The van der Waals surface area contributed by atoms with E-state index in [4.69, 9.17) is 4.74 Å². The molecule has 1 aliphatic rings. The number of carboxylic acid groups (broad SMARTS) is 1. The van der Waals surface area contributed by atoms with Gasteiger partial charge in [-0.2, -0.15) is 0 Å². The number of benzene rings is 3. The number of carbonyl (C=O) groups is 2. The summed E-state index contributed by atoms with van der Waals surface area (Å²) in [4.78, 5) is 30.8. The van der Waals surface area contributed by atoms with Crippen molar-refractivity contribution in [3.63, 3.8) is 0 Å². The first-order valence-corrected chi connectivity index (χ1v) is 13.1. The highest BCUT2D eigenvalue weighted by Crippen LogP contribution is 2.38. The van der Waals surface area contributed by atoms with Crippen molar-refractivity contribution < 1.29 is 23.8 Å². The number of halogens is 3. The number of carbonyl (C=O) groups excluding carboxylic acids is 1. The Bertz CT molecular complexity index is 1390. The minimum atomic E-state index is -1.04. The van der Waals surface area contributed by atoms with E-state index in [1.54, 1.807) is 35.2 Å². The van der Waals surface area contributed by atoms with Crippen LogP contribution < -0.4 is 4.74 Å². The molecule has 0 aromatic heterocycles. The van der Waals surface area contributed by atoms with E-state index < -0.39 is 5.97 Å². The third-order valence-corrected chi connectivity index (χ3v) is 7.30. The van der Waals surface area contributed by atoms with Crippen LogP contribution in [0.3, 0.4) is 0 Å². The van der Waals surface area contributed by atoms with Crippen molar-refractivity contribution in [1.82, 2.24) is 4.90 Å². The highest BCUT2D eigenvalue weighted by Gasteiger charge is 2.32. The van der Waals surface area contributed by atoms with Gasteiger partial charge in [0.1, 0.15) is 18.2 Å². The van der Waals surface area contributed by atoms with Gasteiger partial charge in [0.15, 0.2) is 5.17 Å². The van der Waals surface area contributed by atoms with Gasteiger partial charge in [-0.3, -0.25) is 9.69 Å². The Balaban J connectivity index is 1.57. The van der Waals surface area contributed by atoms with Crippen molar-refractivity contribution in [3.05, 3.63) is 97.0 Å². The van der Waals surface area contributed by atoms with Gasteiger partial charge in [0.05, 0.1) is 25.1 Å². The van der Waals surface area contributed by atoms with E-state index >= 15 is 0 Å². The second-order valence-corrected chi connectivity index (χ2v) is 10.4. The topological polar surface area (TPSA) is 79.2 Å². The highest BCUT2D eigenvalue weighted by atomic mass is 79.9. The molecule has 1 saturated heterocycles. The molecule has 0 aliphatic carbocycles. The summed E-state index contributed by atoms with van der Waals surface area (Å²) in [7, 11) is 0. The van der Waals surface area contributed by atoms with E-state index in [1.807, 2.05) is 19.1 Å². The van der Waals surface area contributed by atoms with Gasteiger partial charge in [-0.05, 0) is 110 Å². The lowest BCUT2D eigenvalue weighted by molar-refractivity contribution is -0.122. The van der Waals surface area contributed by atoms with Crippen molar-refractivity contribution in [3.8, 4) is 5.75 Å². The third-order valence-electron chi connectivity index (χ3n) is 5.11. The number of thioether (sulfide) groups is 1. The second-order valence-electron chi connectivity index (χ2n) is 7.64. The fraction of sp³-hybridized carbons (Fsp3) is 0.115. The van der Waals surface area contributed by atoms with Crippen LogP contribution in [0.5, 0.6) is 5.75 Å². The average molecular weight is 634 g/mol. The first-order valence-electron chi connectivity index (χ1n) is 10.7. The SMILES string of the molecule is CCN1C(=O)/C(=C/c2cc(Br)c(OCc3cccc(F)c3)c(Br)c2)SC1=Nc1cccc(C(=O)O)c1. The predicted octanol–water partition coefficient (Wildman–Crippen LogP) is 7.25. The third kappa shape index (κ3) is 6.05. The van der Waals surface area contributed by atoms with Crippen LogP contribution in [0.4, 0.5) is 10.1 Å². The van der Waals surface area contributed by atoms with Crippen LogP contribution in [-0.4, -0.2) is 33.6 Å². The molecule has 1 amide bonds. The van der Waals surface area contributed by atoms with E-state index in [1.165, 1.54) is 36.0 Å². The van der Waals surface area contributed by atoms with Crippen molar-refractivity contribution in [2.24, 2.45) is 4.99 Å². The number of carboxylic acids is 1. The van der Waals surface area contributed by atoms with Crippen molar-refractivity contribution >= 4 is 72.4 Å². The molecule has 0 radical (unpaired) electrons. The van der Waals surface area contributed by atoms with Crippen LogP contribution in [0.2, 0.25) is 0 Å². The zero-order valence-electron chi connectivity index (χ0n) is 18.9. The summed E-state index contributed by atoms with van der Waals surface area (Å²) >= 11 is 8.26. The Hall–Kier alpha value is -2.95. The normalized spacial score (nSPS) is 15.7. The standard InChI is InChI=1S/C26H19Br2FN2O4S/c1-2-31-24(32)22(36-26(31)30-19-8-4-6-17(13-19)25(33)34)12-16-10-20(27)23(21(28)11-16)35-14-15-5-3-7-18(29)9-15/h3-13H,2,14H2,1H3,(H,33,34)/b22-12-,30-26?. The van der Waals surface area contributed by atoms with Gasteiger partial charge in [-0.1, -0.05) is 18.2 Å². The number of ether oxygens (including phenoxy) is 1. The van der Waals surface area contributed by atoms with Gasteiger partial charge in [0.25, 0.3) is 5.91 Å². The lowest BCUT2D eigenvalue weighted by Gasteiger charge is -2.12. The molecular weight excluding hydrogens is 615 g/mol. The first-order chi connectivity index (χ1) is 17.2. The molecular formula is C26H19Br2FN2O4S. The lowest BCUT2D eigenvalue weighted by Crippen LogP contribution is -2.28.